The Hall–Kier alpha value is -1.80. The van der Waals surface area contributed by atoms with Crippen molar-refractivity contribution in [3.8, 4) is 0 Å². The van der Waals surface area contributed by atoms with Crippen molar-refractivity contribution in [2.75, 3.05) is 0 Å². The summed E-state index contributed by atoms with van der Waals surface area (Å²) in [5, 5.41) is 3.84. The predicted octanol–water partition coefficient (Wildman–Crippen LogP) is 5.03. The number of rotatable bonds is 5. The number of carbonyl (C=O) groups excluding carboxylic acids is 1. The van der Waals surface area contributed by atoms with Crippen LogP contribution in [0.5, 0.6) is 0 Å². The first kappa shape index (κ1) is 17.0. The summed E-state index contributed by atoms with van der Waals surface area (Å²) >= 11 is 6.15. The maximum atomic E-state index is 12.2. The van der Waals surface area contributed by atoms with Gasteiger partial charge in [-0.05, 0) is 67.3 Å². The van der Waals surface area contributed by atoms with E-state index in [0.29, 0.717) is 12.8 Å². The summed E-state index contributed by atoms with van der Waals surface area (Å²) < 4.78 is 0. The molecule has 2 nitrogen and oxygen atoms in total. The van der Waals surface area contributed by atoms with E-state index in [4.69, 9.17) is 11.6 Å². The molecule has 0 radical (unpaired) electrons. The Balaban J connectivity index is 1.57. The van der Waals surface area contributed by atoms with Gasteiger partial charge in [0, 0.05) is 11.4 Å². The Morgan fingerprint density at radius 2 is 1.88 bits per heavy atom. The molecule has 0 saturated carbocycles. The fourth-order valence-corrected chi connectivity index (χ4v) is 3.60. The number of amides is 1. The van der Waals surface area contributed by atoms with Gasteiger partial charge in [-0.1, -0.05) is 48.0 Å². The van der Waals surface area contributed by atoms with Crippen molar-refractivity contribution in [3.05, 3.63) is 69.7 Å². The van der Waals surface area contributed by atoms with Crippen molar-refractivity contribution in [1.82, 2.24) is 5.32 Å². The molecular formula is C21H24ClNO. The average molecular weight is 342 g/mol. The van der Waals surface area contributed by atoms with Crippen LogP contribution in [0.15, 0.2) is 42.5 Å². The minimum atomic E-state index is 0.0379. The molecule has 0 bridgehead atoms. The maximum Gasteiger partial charge on any atom is 0.220 e. The zero-order valence-corrected chi connectivity index (χ0v) is 14.9. The van der Waals surface area contributed by atoms with Crippen molar-refractivity contribution < 1.29 is 4.79 Å². The minimum Gasteiger partial charge on any atom is -0.350 e. The first-order valence-corrected chi connectivity index (χ1v) is 9.16. The van der Waals surface area contributed by atoms with Gasteiger partial charge < -0.3 is 5.32 Å². The van der Waals surface area contributed by atoms with E-state index in [1.807, 2.05) is 24.3 Å². The van der Waals surface area contributed by atoms with Crippen molar-refractivity contribution in [2.45, 2.75) is 51.5 Å². The van der Waals surface area contributed by atoms with Crippen molar-refractivity contribution in [1.29, 1.82) is 0 Å². The van der Waals surface area contributed by atoms with E-state index in [-0.39, 0.29) is 11.9 Å². The second kappa shape index (κ2) is 7.85. The van der Waals surface area contributed by atoms with Crippen LogP contribution in [0.4, 0.5) is 0 Å². The lowest BCUT2D eigenvalue weighted by Crippen LogP contribution is -2.27. The number of hydrogen-bond acceptors (Lipinski definition) is 1. The molecule has 0 aliphatic heterocycles. The molecular weight excluding hydrogens is 318 g/mol. The lowest BCUT2D eigenvalue weighted by Gasteiger charge is -2.20. The number of benzene rings is 2. The molecule has 1 N–H and O–H groups in total. The summed E-state index contributed by atoms with van der Waals surface area (Å²) in [5.41, 5.74) is 5.15. The topological polar surface area (TPSA) is 29.1 Å². The minimum absolute atomic E-state index is 0.0379. The Labute approximate surface area is 149 Å². The highest BCUT2D eigenvalue weighted by Gasteiger charge is 2.14. The Morgan fingerprint density at radius 3 is 2.67 bits per heavy atom. The van der Waals surface area contributed by atoms with Crippen LogP contribution in [-0.4, -0.2) is 5.91 Å². The summed E-state index contributed by atoms with van der Waals surface area (Å²) in [4.78, 5) is 12.2. The molecule has 2 aromatic carbocycles. The second-order valence-corrected chi connectivity index (χ2v) is 7.02. The lowest BCUT2D eigenvalue weighted by atomic mass is 9.89. The maximum absolute atomic E-state index is 12.2. The van der Waals surface area contributed by atoms with Crippen molar-refractivity contribution >= 4 is 17.5 Å². The van der Waals surface area contributed by atoms with E-state index >= 15 is 0 Å². The third-order valence-electron chi connectivity index (χ3n) is 4.83. The largest absolute Gasteiger partial charge is 0.350 e. The Bertz CT molecular complexity index is 726. The van der Waals surface area contributed by atoms with Crippen LogP contribution >= 0.6 is 11.6 Å². The number of halogens is 1. The number of nitrogens with one attached hydrogen (secondary N) is 1. The van der Waals surface area contributed by atoms with Gasteiger partial charge in [0.1, 0.15) is 0 Å². The molecule has 0 fully saturated rings. The highest BCUT2D eigenvalue weighted by atomic mass is 35.5. The third kappa shape index (κ3) is 4.18. The molecule has 126 valence electrons. The van der Waals surface area contributed by atoms with E-state index in [9.17, 15) is 4.79 Å². The number of fused-ring (bicyclic) bond motifs is 1. The van der Waals surface area contributed by atoms with Crippen LogP contribution in [0, 0.1) is 0 Å². The van der Waals surface area contributed by atoms with E-state index in [1.165, 1.54) is 36.0 Å². The van der Waals surface area contributed by atoms with Crippen LogP contribution in [0.3, 0.4) is 0 Å². The third-order valence-corrected chi connectivity index (χ3v) is 5.20. The smallest absolute Gasteiger partial charge is 0.220 e. The van der Waals surface area contributed by atoms with E-state index < -0.39 is 0 Å². The fourth-order valence-electron chi connectivity index (χ4n) is 3.37. The Morgan fingerprint density at radius 1 is 1.12 bits per heavy atom. The summed E-state index contributed by atoms with van der Waals surface area (Å²) in [7, 11) is 0. The average Bonchev–Trinajstić information content (AvgIpc) is 2.60. The molecule has 0 aromatic heterocycles. The monoisotopic (exact) mass is 341 g/mol. The molecule has 1 aliphatic carbocycles. The highest BCUT2D eigenvalue weighted by Crippen LogP contribution is 2.25. The zero-order valence-electron chi connectivity index (χ0n) is 14.1. The van der Waals surface area contributed by atoms with Crippen LogP contribution in [0.2, 0.25) is 5.02 Å². The molecule has 0 unspecified atom stereocenters. The standard InChI is InChI=1S/C21H24ClNO/c1-15(18-11-10-16-6-2-3-8-19(16)14-18)23-21(24)13-12-17-7-4-5-9-20(17)22/h4-5,7,9-11,14-15H,2-3,6,8,12-13H2,1H3,(H,23,24)/t15-/m1/s1. The van der Waals surface area contributed by atoms with Gasteiger partial charge in [0.2, 0.25) is 5.91 Å². The molecule has 0 heterocycles. The van der Waals surface area contributed by atoms with E-state index in [1.54, 1.807) is 0 Å². The van der Waals surface area contributed by atoms with Gasteiger partial charge in [-0.25, -0.2) is 0 Å². The van der Waals surface area contributed by atoms with E-state index in [2.05, 4.69) is 30.4 Å². The molecule has 1 amide bonds. The quantitative estimate of drug-likeness (QED) is 0.812. The molecule has 3 rings (SSSR count). The van der Waals surface area contributed by atoms with E-state index in [0.717, 1.165) is 17.0 Å². The zero-order chi connectivity index (χ0) is 16.9. The first-order chi connectivity index (χ1) is 11.6. The van der Waals surface area contributed by atoms with Crippen molar-refractivity contribution in [3.63, 3.8) is 0 Å². The summed E-state index contributed by atoms with van der Waals surface area (Å²) in [6.07, 6.45) is 6.04. The van der Waals surface area contributed by atoms with Gasteiger partial charge in [-0.2, -0.15) is 0 Å². The fraction of sp³-hybridized carbons (Fsp3) is 0.381. The summed E-state index contributed by atoms with van der Waals surface area (Å²) in [6, 6.07) is 14.4. The number of carbonyl (C=O) groups is 1. The molecule has 3 heteroatoms. The molecule has 24 heavy (non-hydrogen) atoms. The molecule has 0 saturated heterocycles. The van der Waals surface area contributed by atoms with Crippen LogP contribution in [0.1, 0.15) is 54.5 Å². The van der Waals surface area contributed by atoms with Crippen LogP contribution in [-0.2, 0) is 24.1 Å². The lowest BCUT2D eigenvalue weighted by molar-refractivity contribution is -0.121. The van der Waals surface area contributed by atoms with Gasteiger partial charge in [-0.15, -0.1) is 0 Å². The summed E-state index contributed by atoms with van der Waals surface area (Å²) in [6.45, 7) is 2.05. The number of aryl methyl sites for hydroxylation is 3. The van der Waals surface area contributed by atoms with Crippen LogP contribution in [0.25, 0.3) is 0 Å². The molecule has 1 atom stereocenters. The molecule has 1 aliphatic rings. The van der Waals surface area contributed by atoms with Crippen molar-refractivity contribution in [2.24, 2.45) is 0 Å². The van der Waals surface area contributed by atoms with Gasteiger partial charge in [0.05, 0.1) is 6.04 Å². The van der Waals surface area contributed by atoms with Gasteiger partial charge in [0.15, 0.2) is 0 Å². The Kier molecular flexibility index (Phi) is 5.57. The van der Waals surface area contributed by atoms with Gasteiger partial charge >= 0.3 is 0 Å². The van der Waals surface area contributed by atoms with Crippen LogP contribution < -0.4 is 5.32 Å². The molecule has 2 aromatic rings. The van der Waals surface area contributed by atoms with Gasteiger partial charge in [0.25, 0.3) is 0 Å². The first-order valence-electron chi connectivity index (χ1n) is 8.78. The predicted molar refractivity (Wildman–Crippen MR) is 99.4 cm³/mol. The summed E-state index contributed by atoms with van der Waals surface area (Å²) in [5.74, 6) is 0.0696. The van der Waals surface area contributed by atoms with Gasteiger partial charge in [-0.3, -0.25) is 4.79 Å². The highest BCUT2D eigenvalue weighted by molar-refractivity contribution is 6.31. The normalized spacial score (nSPS) is 14.8. The second-order valence-electron chi connectivity index (χ2n) is 6.62. The SMILES string of the molecule is C[C@@H](NC(=O)CCc1ccccc1Cl)c1ccc2c(c1)CCCC2. The number of hydrogen-bond donors (Lipinski definition) is 1. The molecule has 0 spiro atoms.